The van der Waals surface area contributed by atoms with Gasteiger partial charge in [-0.15, -0.1) is 0 Å². The van der Waals surface area contributed by atoms with Gasteiger partial charge in [0.25, 0.3) is 0 Å². The Balaban J connectivity index is 2.02. The highest BCUT2D eigenvalue weighted by atomic mass is 16.5. The van der Waals surface area contributed by atoms with Gasteiger partial charge >= 0.3 is 0 Å². The van der Waals surface area contributed by atoms with E-state index in [9.17, 15) is 0 Å². The molecule has 1 unspecified atom stereocenters. The Morgan fingerprint density at radius 2 is 2.25 bits per heavy atom. The predicted molar refractivity (Wildman–Crippen MR) is 66.6 cm³/mol. The Hall–Kier alpha value is -0.120. The molecule has 0 saturated carbocycles. The number of ether oxygens (including phenoxy) is 1. The number of piperidine rings is 1. The number of unbranched alkanes of at least 4 members (excludes halogenated alkanes) is 1. The smallest absolute Gasteiger partial charge is 0.0593 e. The third kappa shape index (κ3) is 5.83. The number of aliphatic hydroxyl groups is 1. The summed E-state index contributed by atoms with van der Waals surface area (Å²) in [5.41, 5.74) is 0. The van der Waals surface area contributed by atoms with Crippen LogP contribution in [0.25, 0.3) is 0 Å². The van der Waals surface area contributed by atoms with Crippen LogP contribution in [0.3, 0.4) is 0 Å². The van der Waals surface area contributed by atoms with Crippen LogP contribution in [0.4, 0.5) is 0 Å². The second kappa shape index (κ2) is 8.97. The Bertz CT molecular complexity index is 162. The number of aliphatic hydroxyl groups excluding tert-OH is 1. The van der Waals surface area contributed by atoms with Crippen molar-refractivity contribution in [1.82, 2.24) is 4.90 Å². The van der Waals surface area contributed by atoms with E-state index in [1.165, 1.54) is 32.2 Å². The van der Waals surface area contributed by atoms with Crippen LogP contribution in [0.5, 0.6) is 0 Å². The topological polar surface area (TPSA) is 32.7 Å². The molecule has 1 atom stereocenters. The van der Waals surface area contributed by atoms with Crippen LogP contribution >= 0.6 is 0 Å². The highest BCUT2D eigenvalue weighted by Crippen LogP contribution is 2.18. The molecule has 16 heavy (non-hydrogen) atoms. The van der Waals surface area contributed by atoms with Crippen molar-refractivity contribution in [1.29, 1.82) is 0 Å². The monoisotopic (exact) mass is 229 g/mol. The molecule has 0 radical (unpaired) electrons. The SMILES string of the molecule is CCCCOCCN1CCCC(CCO)C1. The summed E-state index contributed by atoms with van der Waals surface area (Å²) in [4.78, 5) is 2.48. The van der Waals surface area contributed by atoms with E-state index in [1.807, 2.05) is 0 Å². The average molecular weight is 229 g/mol. The van der Waals surface area contributed by atoms with Gasteiger partial charge in [0, 0.05) is 26.3 Å². The molecule has 1 fully saturated rings. The van der Waals surface area contributed by atoms with Crippen molar-refractivity contribution >= 4 is 0 Å². The molecule has 0 bridgehead atoms. The molecule has 0 aromatic rings. The van der Waals surface area contributed by atoms with Crippen LogP contribution in [0.1, 0.15) is 39.0 Å². The summed E-state index contributed by atoms with van der Waals surface area (Å²) in [6.45, 7) is 7.72. The van der Waals surface area contributed by atoms with Gasteiger partial charge in [0.1, 0.15) is 0 Å². The van der Waals surface area contributed by atoms with E-state index in [2.05, 4.69) is 11.8 Å². The first-order valence-electron chi connectivity index (χ1n) is 6.77. The summed E-state index contributed by atoms with van der Waals surface area (Å²) in [6.07, 6.45) is 5.91. The molecule has 0 spiro atoms. The summed E-state index contributed by atoms with van der Waals surface area (Å²) < 4.78 is 5.58. The maximum Gasteiger partial charge on any atom is 0.0593 e. The lowest BCUT2D eigenvalue weighted by Gasteiger charge is -2.32. The van der Waals surface area contributed by atoms with Crippen molar-refractivity contribution in [3.63, 3.8) is 0 Å². The zero-order valence-electron chi connectivity index (χ0n) is 10.7. The minimum atomic E-state index is 0.339. The van der Waals surface area contributed by atoms with Gasteiger partial charge in [-0.05, 0) is 38.1 Å². The van der Waals surface area contributed by atoms with Crippen LogP contribution in [0.15, 0.2) is 0 Å². The van der Waals surface area contributed by atoms with E-state index in [4.69, 9.17) is 9.84 Å². The largest absolute Gasteiger partial charge is 0.396 e. The minimum absolute atomic E-state index is 0.339. The first-order chi connectivity index (χ1) is 7.86. The Kier molecular flexibility index (Phi) is 7.81. The molecule has 1 heterocycles. The lowest BCUT2D eigenvalue weighted by Crippen LogP contribution is -2.37. The zero-order valence-corrected chi connectivity index (χ0v) is 10.7. The van der Waals surface area contributed by atoms with Gasteiger partial charge in [0.15, 0.2) is 0 Å². The second-order valence-electron chi connectivity index (χ2n) is 4.79. The van der Waals surface area contributed by atoms with Crippen molar-refractivity contribution in [2.75, 3.05) is 39.5 Å². The number of hydrogen-bond donors (Lipinski definition) is 1. The van der Waals surface area contributed by atoms with Gasteiger partial charge in [-0.2, -0.15) is 0 Å². The fourth-order valence-electron chi connectivity index (χ4n) is 2.31. The molecule has 1 saturated heterocycles. The van der Waals surface area contributed by atoms with Gasteiger partial charge in [-0.25, -0.2) is 0 Å². The third-order valence-corrected chi connectivity index (χ3v) is 3.33. The molecule has 96 valence electrons. The van der Waals surface area contributed by atoms with E-state index >= 15 is 0 Å². The molecule has 0 aromatic carbocycles. The fourth-order valence-corrected chi connectivity index (χ4v) is 2.31. The third-order valence-electron chi connectivity index (χ3n) is 3.33. The zero-order chi connectivity index (χ0) is 11.6. The normalized spacial score (nSPS) is 22.5. The first kappa shape index (κ1) is 13.9. The summed E-state index contributed by atoms with van der Waals surface area (Å²) in [6, 6.07) is 0. The lowest BCUT2D eigenvalue weighted by atomic mass is 9.95. The average Bonchev–Trinajstić information content (AvgIpc) is 2.30. The predicted octanol–water partition coefficient (Wildman–Crippen LogP) is 1.90. The maximum atomic E-state index is 8.93. The van der Waals surface area contributed by atoms with E-state index in [1.54, 1.807) is 0 Å². The second-order valence-corrected chi connectivity index (χ2v) is 4.79. The molecule has 0 aromatic heterocycles. The Morgan fingerprint density at radius 3 is 3.00 bits per heavy atom. The molecule has 1 aliphatic rings. The number of nitrogens with zero attached hydrogens (tertiary/aromatic N) is 1. The van der Waals surface area contributed by atoms with E-state index < -0.39 is 0 Å². The molecule has 1 aliphatic heterocycles. The van der Waals surface area contributed by atoms with Gasteiger partial charge in [0.05, 0.1) is 6.61 Å². The highest BCUT2D eigenvalue weighted by molar-refractivity contribution is 4.72. The summed E-state index contributed by atoms with van der Waals surface area (Å²) >= 11 is 0. The molecule has 1 rings (SSSR count). The Labute approximate surface area is 99.8 Å². The maximum absolute atomic E-state index is 8.93. The molecular weight excluding hydrogens is 202 g/mol. The number of rotatable bonds is 8. The summed E-state index contributed by atoms with van der Waals surface area (Å²) in [5.74, 6) is 0.703. The van der Waals surface area contributed by atoms with Crippen LogP contribution in [0, 0.1) is 5.92 Å². The highest BCUT2D eigenvalue weighted by Gasteiger charge is 2.18. The van der Waals surface area contributed by atoms with Crippen molar-refractivity contribution in [2.45, 2.75) is 39.0 Å². The first-order valence-corrected chi connectivity index (χ1v) is 6.77. The van der Waals surface area contributed by atoms with Crippen LogP contribution in [-0.2, 0) is 4.74 Å². The fraction of sp³-hybridized carbons (Fsp3) is 1.00. The van der Waals surface area contributed by atoms with Gasteiger partial charge in [-0.1, -0.05) is 13.3 Å². The Morgan fingerprint density at radius 1 is 1.38 bits per heavy atom. The van der Waals surface area contributed by atoms with E-state index in [0.29, 0.717) is 12.5 Å². The van der Waals surface area contributed by atoms with E-state index in [-0.39, 0.29) is 0 Å². The summed E-state index contributed by atoms with van der Waals surface area (Å²) in [5, 5.41) is 8.93. The van der Waals surface area contributed by atoms with Crippen LogP contribution in [0.2, 0.25) is 0 Å². The standard InChI is InChI=1S/C13H27NO2/c1-2-3-10-16-11-8-14-7-4-5-13(12-14)6-9-15/h13,15H,2-12H2,1H3. The van der Waals surface area contributed by atoms with Crippen LogP contribution in [-0.4, -0.2) is 49.5 Å². The number of hydrogen-bond acceptors (Lipinski definition) is 3. The summed E-state index contributed by atoms with van der Waals surface area (Å²) in [7, 11) is 0. The quantitative estimate of drug-likeness (QED) is 0.645. The molecule has 3 heteroatoms. The van der Waals surface area contributed by atoms with Gasteiger partial charge < -0.3 is 14.7 Å². The van der Waals surface area contributed by atoms with Gasteiger partial charge in [0.2, 0.25) is 0 Å². The van der Waals surface area contributed by atoms with Crippen molar-refractivity contribution in [3.05, 3.63) is 0 Å². The molecular formula is C13H27NO2. The van der Waals surface area contributed by atoms with Crippen LogP contribution < -0.4 is 0 Å². The van der Waals surface area contributed by atoms with Gasteiger partial charge in [-0.3, -0.25) is 0 Å². The lowest BCUT2D eigenvalue weighted by molar-refractivity contribution is 0.0788. The van der Waals surface area contributed by atoms with Crippen molar-refractivity contribution < 1.29 is 9.84 Å². The van der Waals surface area contributed by atoms with Crippen molar-refractivity contribution in [3.8, 4) is 0 Å². The molecule has 1 N–H and O–H groups in total. The molecule has 0 aliphatic carbocycles. The minimum Gasteiger partial charge on any atom is -0.396 e. The van der Waals surface area contributed by atoms with E-state index in [0.717, 1.165) is 32.7 Å². The molecule has 0 amide bonds. The van der Waals surface area contributed by atoms with Crippen molar-refractivity contribution in [2.24, 2.45) is 5.92 Å². The molecule has 3 nitrogen and oxygen atoms in total. The number of likely N-dealkylation sites (tertiary alicyclic amines) is 1.